The van der Waals surface area contributed by atoms with Gasteiger partial charge in [0.2, 0.25) is 0 Å². The van der Waals surface area contributed by atoms with Gasteiger partial charge in [0.05, 0.1) is 5.52 Å². The molecule has 2 aromatic carbocycles. The summed E-state index contributed by atoms with van der Waals surface area (Å²) in [6, 6.07) is 8.77. The predicted molar refractivity (Wildman–Crippen MR) is 71.4 cm³/mol. The van der Waals surface area contributed by atoms with Crippen LogP contribution in [-0.2, 0) is 0 Å². The van der Waals surface area contributed by atoms with Gasteiger partial charge in [-0.1, -0.05) is 0 Å². The molecule has 1 aromatic heterocycles. The summed E-state index contributed by atoms with van der Waals surface area (Å²) in [6.07, 6.45) is 0. The van der Waals surface area contributed by atoms with E-state index < -0.39 is 11.6 Å². The Balaban J connectivity index is 2.09. The van der Waals surface area contributed by atoms with Crippen molar-refractivity contribution in [1.29, 1.82) is 0 Å². The van der Waals surface area contributed by atoms with Crippen LogP contribution in [0.25, 0.3) is 11.1 Å². The van der Waals surface area contributed by atoms with E-state index in [1.54, 1.807) is 25.1 Å². The summed E-state index contributed by atoms with van der Waals surface area (Å²) in [6.45, 7) is 1.72. The molecule has 5 heteroatoms. The van der Waals surface area contributed by atoms with Crippen LogP contribution in [-0.4, -0.2) is 10.8 Å². The van der Waals surface area contributed by atoms with Crippen molar-refractivity contribution < 1.29 is 13.6 Å². The van der Waals surface area contributed by atoms with E-state index in [2.05, 4.69) is 4.98 Å². The van der Waals surface area contributed by atoms with Gasteiger partial charge in [0.25, 0.3) is 0 Å². The lowest BCUT2D eigenvalue weighted by Crippen LogP contribution is -2.02. The second-order valence-corrected chi connectivity index (χ2v) is 4.57. The molecule has 0 radical (unpaired) electrons. The number of aromatic amines is 1. The van der Waals surface area contributed by atoms with E-state index in [0.717, 1.165) is 0 Å². The van der Waals surface area contributed by atoms with Crippen molar-refractivity contribution in [3.05, 3.63) is 69.5 Å². The molecule has 0 saturated carbocycles. The fourth-order valence-electron chi connectivity index (χ4n) is 2.12. The number of ketones is 1. The zero-order valence-electron chi connectivity index (χ0n) is 10.6. The Morgan fingerprint density at radius 3 is 2.70 bits per heavy atom. The van der Waals surface area contributed by atoms with Crippen molar-refractivity contribution in [3.63, 3.8) is 0 Å². The predicted octanol–water partition coefficient (Wildman–Crippen LogP) is 2.80. The van der Waals surface area contributed by atoms with Gasteiger partial charge in [0.1, 0.15) is 5.82 Å². The first-order chi connectivity index (χ1) is 9.52. The third-order valence-electron chi connectivity index (χ3n) is 2.99. The van der Waals surface area contributed by atoms with Crippen LogP contribution in [0, 0.1) is 12.7 Å². The number of nitrogens with one attached hydrogen (secondary N) is 1. The molecule has 0 aliphatic heterocycles. The highest BCUT2D eigenvalue weighted by Gasteiger charge is 2.12. The summed E-state index contributed by atoms with van der Waals surface area (Å²) in [5.74, 6) is -1.35. The Hall–Kier alpha value is -2.69. The van der Waals surface area contributed by atoms with Gasteiger partial charge in [0.15, 0.2) is 11.4 Å². The fraction of sp³-hybridized carbons (Fsp3) is 0.0667. The van der Waals surface area contributed by atoms with Crippen LogP contribution in [0.3, 0.4) is 0 Å². The van der Waals surface area contributed by atoms with Crippen LogP contribution < -0.4 is 5.76 Å². The number of rotatable bonds is 2. The minimum absolute atomic E-state index is 0.264. The van der Waals surface area contributed by atoms with E-state index in [-0.39, 0.29) is 11.3 Å². The maximum Gasteiger partial charge on any atom is 0.417 e. The van der Waals surface area contributed by atoms with E-state index in [0.29, 0.717) is 22.2 Å². The molecule has 0 unspecified atom stereocenters. The Morgan fingerprint density at radius 2 is 1.95 bits per heavy atom. The molecule has 0 saturated heterocycles. The molecule has 100 valence electrons. The Labute approximate surface area is 112 Å². The van der Waals surface area contributed by atoms with Crippen LogP contribution in [0.1, 0.15) is 21.5 Å². The van der Waals surface area contributed by atoms with Crippen LogP contribution >= 0.6 is 0 Å². The molecule has 0 aliphatic carbocycles. The molecule has 0 atom stereocenters. The molecule has 3 aromatic rings. The normalized spacial score (nSPS) is 10.9. The SMILES string of the molecule is Cc1cc(F)cc(C(=O)c2ccc3[nH]c(=O)oc3c2)c1. The van der Waals surface area contributed by atoms with Gasteiger partial charge in [-0.05, 0) is 48.9 Å². The van der Waals surface area contributed by atoms with E-state index in [1.807, 2.05) is 0 Å². The van der Waals surface area contributed by atoms with Gasteiger partial charge in [-0.2, -0.15) is 0 Å². The summed E-state index contributed by atoms with van der Waals surface area (Å²) < 4.78 is 18.2. The Kier molecular flexibility index (Phi) is 2.75. The van der Waals surface area contributed by atoms with E-state index in [1.165, 1.54) is 18.2 Å². The van der Waals surface area contributed by atoms with Crippen molar-refractivity contribution in [3.8, 4) is 0 Å². The molecule has 1 N–H and O–H groups in total. The van der Waals surface area contributed by atoms with E-state index >= 15 is 0 Å². The van der Waals surface area contributed by atoms with E-state index in [4.69, 9.17) is 4.42 Å². The molecular weight excluding hydrogens is 261 g/mol. The molecule has 1 heterocycles. The summed E-state index contributed by atoms with van der Waals surface area (Å²) >= 11 is 0. The van der Waals surface area contributed by atoms with Gasteiger partial charge in [-0.15, -0.1) is 0 Å². The largest absolute Gasteiger partial charge is 0.417 e. The topological polar surface area (TPSA) is 63.1 Å². The van der Waals surface area contributed by atoms with Crippen LogP contribution in [0.5, 0.6) is 0 Å². The number of fused-ring (bicyclic) bond motifs is 1. The van der Waals surface area contributed by atoms with Gasteiger partial charge in [-0.3, -0.25) is 9.78 Å². The minimum atomic E-state index is -0.578. The summed E-state index contributed by atoms with van der Waals surface area (Å²) in [5.41, 5.74) is 2.09. The first-order valence-corrected chi connectivity index (χ1v) is 5.98. The molecule has 3 rings (SSSR count). The summed E-state index contributed by atoms with van der Waals surface area (Å²) in [5, 5.41) is 0. The molecule has 0 bridgehead atoms. The number of carbonyl (C=O) groups excluding carboxylic acids is 1. The second-order valence-electron chi connectivity index (χ2n) is 4.57. The quantitative estimate of drug-likeness (QED) is 0.729. The number of hydrogen-bond donors (Lipinski definition) is 1. The number of hydrogen-bond acceptors (Lipinski definition) is 3. The highest BCUT2D eigenvalue weighted by molar-refractivity contribution is 6.10. The van der Waals surface area contributed by atoms with Gasteiger partial charge >= 0.3 is 5.76 Å². The molecule has 0 fully saturated rings. The lowest BCUT2D eigenvalue weighted by molar-refractivity contribution is 0.103. The van der Waals surface area contributed by atoms with Crippen molar-refractivity contribution in [2.24, 2.45) is 0 Å². The molecular formula is C15H10FNO3. The maximum absolute atomic E-state index is 13.3. The third kappa shape index (κ3) is 2.14. The maximum atomic E-state index is 13.3. The minimum Gasteiger partial charge on any atom is -0.408 e. The van der Waals surface area contributed by atoms with Crippen LogP contribution in [0.15, 0.2) is 45.6 Å². The lowest BCUT2D eigenvalue weighted by Gasteiger charge is -2.03. The number of oxazole rings is 1. The highest BCUT2D eigenvalue weighted by atomic mass is 19.1. The lowest BCUT2D eigenvalue weighted by atomic mass is 10.0. The fourth-order valence-corrected chi connectivity index (χ4v) is 2.12. The number of H-pyrrole nitrogens is 1. The number of aryl methyl sites for hydroxylation is 1. The summed E-state index contributed by atoms with van der Waals surface area (Å²) in [4.78, 5) is 25.9. The zero-order chi connectivity index (χ0) is 14.3. The number of benzene rings is 2. The van der Waals surface area contributed by atoms with Crippen molar-refractivity contribution in [2.75, 3.05) is 0 Å². The monoisotopic (exact) mass is 271 g/mol. The number of halogens is 1. The average molecular weight is 271 g/mol. The molecule has 0 spiro atoms. The summed E-state index contributed by atoms with van der Waals surface area (Å²) in [7, 11) is 0. The van der Waals surface area contributed by atoms with Crippen molar-refractivity contribution in [2.45, 2.75) is 6.92 Å². The first kappa shape index (κ1) is 12.3. The van der Waals surface area contributed by atoms with Crippen LogP contribution in [0.4, 0.5) is 4.39 Å². The Bertz CT molecular complexity index is 856. The molecule has 0 aliphatic rings. The molecule has 0 amide bonds. The van der Waals surface area contributed by atoms with Gasteiger partial charge < -0.3 is 4.42 Å². The highest BCUT2D eigenvalue weighted by Crippen LogP contribution is 2.17. The number of carbonyl (C=O) groups is 1. The third-order valence-corrected chi connectivity index (χ3v) is 2.99. The Morgan fingerprint density at radius 1 is 1.15 bits per heavy atom. The number of aromatic nitrogens is 1. The van der Waals surface area contributed by atoms with Crippen molar-refractivity contribution in [1.82, 2.24) is 4.98 Å². The van der Waals surface area contributed by atoms with E-state index in [9.17, 15) is 14.0 Å². The first-order valence-electron chi connectivity index (χ1n) is 5.98. The molecule has 20 heavy (non-hydrogen) atoms. The molecule has 4 nitrogen and oxygen atoms in total. The smallest absolute Gasteiger partial charge is 0.408 e. The van der Waals surface area contributed by atoms with Gasteiger partial charge in [-0.25, -0.2) is 9.18 Å². The zero-order valence-corrected chi connectivity index (χ0v) is 10.6. The average Bonchev–Trinajstić information content (AvgIpc) is 2.75. The van der Waals surface area contributed by atoms with Crippen molar-refractivity contribution >= 4 is 16.9 Å². The van der Waals surface area contributed by atoms with Crippen LogP contribution in [0.2, 0.25) is 0 Å². The van der Waals surface area contributed by atoms with Gasteiger partial charge in [0, 0.05) is 11.1 Å². The second kappa shape index (κ2) is 4.45. The standard InChI is InChI=1S/C15H10FNO3/c1-8-4-10(6-11(16)5-8)14(18)9-2-3-12-13(7-9)20-15(19)17-12/h2-7H,1H3,(H,17,19).